The lowest BCUT2D eigenvalue weighted by atomic mass is 9.62. The standard InChI is InChI=1S/C12H13FO2/c1-8-4-2-3-5-10(8)12(11(14)15)6-9(13)7-12/h2-5,9H,6-7H2,1H3,(H,14,15). The first-order valence-electron chi connectivity index (χ1n) is 5.00. The number of benzene rings is 1. The summed E-state index contributed by atoms with van der Waals surface area (Å²) in [6, 6.07) is 7.32. The normalized spacial score (nSPS) is 29.6. The molecule has 15 heavy (non-hydrogen) atoms. The van der Waals surface area contributed by atoms with Gasteiger partial charge in [0.25, 0.3) is 0 Å². The molecule has 1 aromatic carbocycles. The second-order valence-corrected chi connectivity index (χ2v) is 4.21. The maximum Gasteiger partial charge on any atom is 0.314 e. The number of alkyl halides is 1. The Morgan fingerprint density at radius 2 is 2.07 bits per heavy atom. The van der Waals surface area contributed by atoms with Crippen molar-refractivity contribution in [2.75, 3.05) is 0 Å². The van der Waals surface area contributed by atoms with Crippen molar-refractivity contribution in [1.82, 2.24) is 0 Å². The highest BCUT2D eigenvalue weighted by Crippen LogP contribution is 2.46. The molecule has 0 spiro atoms. The lowest BCUT2D eigenvalue weighted by Gasteiger charge is -2.41. The van der Waals surface area contributed by atoms with Crippen LogP contribution in [0.4, 0.5) is 4.39 Å². The predicted octanol–water partition coefficient (Wildman–Crippen LogP) is 2.45. The summed E-state index contributed by atoms with van der Waals surface area (Å²) in [6.45, 7) is 1.87. The molecule has 0 unspecified atom stereocenters. The lowest BCUT2D eigenvalue weighted by molar-refractivity contribution is -0.150. The summed E-state index contributed by atoms with van der Waals surface area (Å²) in [7, 11) is 0. The van der Waals surface area contributed by atoms with E-state index in [4.69, 9.17) is 0 Å². The van der Waals surface area contributed by atoms with Gasteiger partial charge >= 0.3 is 5.97 Å². The van der Waals surface area contributed by atoms with Crippen LogP contribution in [-0.2, 0) is 10.2 Å². The highest BCUT2D eigenvalue weighted by atomic mass is 19.1. The molecule has 1 aliphatic rings. The largest absolute Gasteiger partial charge is 0.481 e. The molecule has 0 heterocycles. The molecule has 0 amide bonds. The van der Waals surface area contributed by atoms with Gasteiger partial charge in [0.2, 0.25) is 0 Å². The van der Waals surface area contributed by atoms with Crippen molar-refractivity contribution in [3.63, 3.8) is 0 Å². The fourth-order valence-corrected chi connectivity index (χ4v) is 2.32. The van der Waals surface area contributed by atoms with E-state index >= 15 is 0 Å². The third-order valence-corrected chi connectivity index (χ3v) is 3.21. The highest BCUT2D eigenvalue weighted by molar-refractivity contribution is 5.83. The van der Waals surface area contributed by atoms with Gasteiger partial charge in [-0.25, -0.2) is 4.39 Å². The van der Waals surface area contributed by atoms with Gasteiger partial charge in [-0.15, -0.1) is 0 Å². The Labute approximate surface area is 87.7 Å². The molecule has 0 bridgehead atoms. The minimum Gasteiger partial charge on any atom is -0.481 e. The highest BCUT2D eigenvalue weighted by Gasteiger charge is 2.52. The van der Waals surface area contributed by atoms with Crippen LogP contribution in [-0.4, -0.2) is 17.2 Å². The molecule has 1 aromatic rings. The van der Waals surface area contributed by atoms with Crippen molar-refractivity contribution >= 4 is 5.97 Å². The summed E-state index contributed by atoms with van der Waals surface area (Å²) < 4.78 is 12.9. The molecular weight excluding hydrogens is 195 g/mol. The summed E-state index contributed by atoms with van der Waals surface area (Å²) in [5.41, 5.74) is 0.698. The number of carbonyl (C=O) groups is 1. The number of halogens is 1. The topological polar surface area (TPSA) is 37.3 Å². The average molecular weight is 208 g/mol. The van der Waals surface area contributed by atoms with Crippen LogP contribution in [0.3, 0.4) is 0 Å². The van der Waals surface area contributed by atoms with Gasteiger partial charge in [-0.05, 0) is 30.9 Å². The molecule has 1 N–H and O–H groups in total. The van der Waals surface area contributed by atoms with Crippen molar-refractivity contribution in [3.8, 4) is 0 Å². The second-order valence-electron chi connectivity index (χ2n) is 4.21. The fourth-order valence-electron chi connectivity index (χ4n) is 2.32. The zero-order valence-corrected chi connectivity index (χ0v) is 8.53. The van der Waals surface area contributed by atoms with Crippen LogP contribution in [0.15, 0.2) is 24.3 Å². The number of hydrogen-bond acceptors (Lipinski definition) is 1. The SMILES string of the molecule is Cc1ccccc1C1(C(=O)O)CC(F)C1. The maximum atomic E-state index is 12.9. The molecular formula is C12H13FO2. The molecule has 1 aliphatic carbocycles. The molecule has 80 valence electrons. The van der Waals surface area contributed by atoms with Crippen LogP contribution in [0.25, 0.3) is 0 Å². The second kappa shape index (κ2) is 3.33. The quantitative estimate of drug-likeness (QED) is 0.810. The van der Waals surface area contributed by atoms with Crippen LogP contribution in [0.1, 0.15) is 24.0 Å². The first kappa shape index (κ1) is 10.1. The number of hydrogen-bond donors (Lipinski definition) is 1. The van der Waals surface area contributed by atoms with Gasteiger partial charge in [0.05, 0.1) is 5.41 Å². The van der Waals surface area contributed by atoms with Crippen LogP contribution < -0.4 is 0 Å². The number of carboxylic acids is 1. The Bertz CT molecular complexity index is 394. The van der Waals surface area contributed by atoms with Crippen molar-refractivity contribution < 1.29 is 14.3 Å². The Balaban J connectivity index is 2.43. The van der Waals surface area contributed by atoms with Crippen molar-refractivity contribution in [3.05, 3.63) is 35.4 Å². The predicted molar refractivity (Wildman–Crippen MR) is 54.6 cm³/mol. The third-order valence-electron chi connectivity index (χ3n) is 3.21. The van der Waals surface area contributed by atoms with Crippen LogP contribution in [0.5, 0.6) is 0 Å². The van der Waals surface area contributed by atoms with E-state index in [1.54, 1.807) is 12.1 Å². The Kier molecular flexibility index (Phi) is 2.25. The molecule has 1 saturated carbocycles. The van der Waals surface area contributed by atoms with E-state index in [-0.39, 0.29) is 12.8 Å². The maximum absolute atomic E-state index is 12.9. The lowest BCUT2D eigenvalue weighted by Crippen LogP contribution is -2.49. The monoisotopic (exact) mass is 208 g/mol. The molecule has 0 aliphatic heterocycles. The van der Waals surface area contributed by atoms with Gasteiger partial charge in [0, 0.05) is 0 Å². The van der Waals surface area contributed by atoms with Gasteiger partial charge in [0.15, 0.2) is 0 Å². The molecule has 0 atom stereocenters. The summed E-state index contributed by atoms with van der Waals surface area (Å²) >= 11 is 0. The minimum atomic E-state index is -0.981. The molecule has 2 rings (SSSR count). The van der Waals surface area contributed by atoms with Crippen LogP contribution in [0, 0.1) is 6.92 Å². The third kappa shape index (κ3) is 1.42. The molecule has 0 aromatic heterocycles. The Hall–Kier alpha value is -1.38. The van der Waals surface area contributed by atoms with Crippen molar-refractivity contribution in [2.24, 2.45) is 0 Å². The summed E-state index contributed by atoms with van der Waals surface area (Å²) in [4.78, 5) is 11.2. The van der Waals surface area contributed by atoms with E-state index in [9.17, 15) is 14.3 Å². The van der Waals surface area contributed by atoms with Crippen LogP contribution in [0.2, 0.25) is 0 Å². The first-order valence-corrected chi connectivity index (χ1v) is 5.00. The Morgan fingerprint density at radius 3 is 2.53 bits per heavy atom. The summed E-state index contributed by atoms with van der Waals surface area (Å²) in [6.07, 6.45) is -0.763. The van der Waals surface area contributed by atoms with E-state index < -0.39 is 17.6 Å². The van der Waals surface area contributed by atoms with Gasteiger partial charge in [-0.2, -0.15) is 0 Å². The van der Waals surface area contributed by atoms with Crippen LogP contribution >= 0.6 is 0 Å². The number of carboxylic acid groups (broad SMARTS) is 1. The molecule has 2 nitrogen and oxygen atoms in total. The summed E-state index contributed by atoms with van der Waals surface area (Å²) in [5, 5.41) is 9.21. The fraction of sp³-hybridized carbons (Fsp3) is 0.417. The minimum absolute atomic E-state index is 0.104. The average Bonchev–Trinajstić information content (AvgIpc) is 2.13. The first-order chi connectivity index (χ1) is 7.06. The zero-order chi connectivity index (χ0) is 11.1. The van der Waals surface area contributed by atoms with Gasteiger partial charge in [-0.3, -0.25) is 4.79 Å². The van der Waals surface area contributed by atoms with Gasteiger partial charge < -0.3 is 5.11 Å². The van der Waals surface area contributed by atoms with Gasteiger partial charge in [0.1, 0.15) is 6.17 Å². The summed E-state index contributed by atoms with van der Waals surface area (Å²) in [5.74, 6) is -0.911. The molecule has 0 radical (unpaired) electrons. The van der Waals surface area contributed by atoms with E-state index in [0.29, 0.717) is 0 Å². The Morgan fingerprint density at radius 1 is 1.47 bits per heavy atom. The smallest absolute Gasteiger partial charge is 0.314 e. The van der Waals surface area contributed by atoms with E-state index in [2.05, 4.69) is 0 Å². The zero-order valence-electron chi connectivity index (χ0n) is 8.53. The molecule has 3 heteroatoms. The number of rotatable bonds is 2. The van der Waals surface area contributed by atoms with Gasteiger partial charge in [-0.1, -0.05) is 24.3 Å². The number of aryl methyl sites for hydroxylation is 1. The van der Waals surface area contributed by atoms with E-state index in [0.717, 1.165) is 11.1 Å². The van der Waals surface area contributed by atoms with E-state index in [1.807, 2.05) is 19.1 Å². The number of aliphatic carboxylic acids is 1. The van der Waals surface area contributed by atoms with Crippen molar-refractivity contribution in [1.29, 1.82) is 0 Å². The molecule has 0 saturated heterocycles. The van der Waals surface area contributed by atoms with E-state index in [1.165, 1.54) is 0 Å². The van der Waals surface area contributed by atoms with Crippen molar-refractivity contribution in [2.45, 2.75) is 31.4 Å². The molecule has 1 fully saturated rings.